The van der Waals surface area contributed by atoms with E-state index < -0.39 is 0 Å². The third-order valence-electron chi connectivity index (χ3n) is 1.89. The second-order valence-corrected chi connectivity index (χ2v) is 3.10. The molecule has 72 valence electrons. The fourth-order valence-electron chi connectivity index (χ4n) is 1.25. The summed E-state index contributed by atoms with van der Waals surface area (Å²) in [4.78, 5) is 8.07. The molecule has 0 aliphatic heterocycles. The van der Waals surface area contributed by atoms with E-state index in [9.17, 15) is 0 Å². The number of nitrogens with two attached hydrogens (primary N) is 1. The zero-order valence-electron chi connectivity index (χ0n) is 7.49. The minimum Gasteiger partial charge on any atom is -0.480 e. The Morgan fingerprint density at radius 1 is 1.50 bits per heavy atom. The molecule has 0 fully saturated rings. The van der Waals surface area contributed by atoms with Crippen molar-refractivity contribution >= 4 is 28.3 Å². The van der Waals surface area contributed by atoms with Crippen LogP contribution in [0.5, 0.6) is 5.88 Å². The van der Waals surface area contributed by atoms with E-state index in [-0.39, 0.29) is 0 Å². The van der Waals surface area contributed by atoms with Crippen LogP contribution in [0.2, 0.25) is 5.02 Å². The standard InChI is InChI=1S/C9H8ClN3O/c1-14-9-6(10)5-3-2-4-12-7(5)8(11)13-9/h2-4H,1H3,(H2,11,13). The normalized spacial score (nSPS) is 10.4. The number of pyridine rings is 2. The smallest absolute Gasteiger partial charge is 0.235 e. The maximum Gasteiger partial charge on any atom is 0.235 e. The van der Waals surface area contributed by atoms with Crippen molar-refractivity contribution in [2.75, 3.05) is 12.8 Å². The first-order valence-corrected chi connectivity index (χ1v) is 4.35. The van der Waals surface area contributed by atoms with Crippen LogP contribution in [0.25, 0.3) is 10.9 Å². The molecule has 2 N–H and O–H groups in total. The molecule has 0 saturated carbocycles. The summed E-state index contributed by atoms with van der Waals surface area (Å²) in [6.07, 6.45) is 1.64. The number of ether oxygens (including phenoxy) is 1. The Labute approximate surface area is 85.7 Å². The number of hydrogen-bond acceptors (Lipinski definition) is 4. The molecule has 0 aliphatic rings. The van der Waals surface area contributed by atoms with Crippen LogP contribution in [0.4, 0.5) is 5.82 Å². The van der Waals surface area contributed by atoms with Gasteiger partial charge in [0.1, 0.15) is 10.5 Å². The molecule has 0 atom stereocenters. The lowest BCUT2D eigenvalue weighted by Crippen LogP contribution is -1.97. The monoisotopic (exact) mass is 209 g/mol. The SMILES string of the molecule is COc1nc(N)c2ncccc2c1Cl. The van der Waals surface area contributed by atoms with Gasteiger partial charge in [0.2, 0.25) is 5.88 Å². The molecule has 0 bridgehead atoms. The molecule has 0 aliphatic carbocycles. The Hall–Kier alpha value is -1.55. The first-order valence-electron chi connectivity index (χ1n) is 3.97. The van der Waals surface area contributed by atoms with Gasteiger partial charge in [-0.2, -0.15) is 4.98 Å². The molecular weight excluding hydrogens is 202 g/mol. The van der Waals surface area contributed by atoms with Crippen molar-refractivity contribution < 1.29 is 4.74 Å². The van der Waals surface area contributed by atoms with Gasteiger partial charge in [-0.15, -0.1) is 0 Å². The summed E-state index contributed by atoms with van der Waals surface area (Å²) in [6, 6.07) is 3.61. The van der Waals surface area contributed by atoms with Crippen LogP contribution in [0.1, 0.15) is 0 Å². The van der Waals surface area contributed by atoms with Crippen LogP contribution in [-0.4, -0.2) is 17.1 Å². The molecule has 4 nitrogen and oxygen atoms in total. The highest BCUT2D eigenvalue weighted by Gasteiger charge is 2.11. The summed E-state index contributed by atoms with van der Waals surface area (Å²) in [5, 5.41) is 1.18. The number of nitrogen functional groups attached to an aromatic ring is 1. The van der Waals surface area contributed by atoms with Crippen LogP contribution in [0.3, 0.4) is 0 Å². The molecule has 0 spiro atoms. The van der Waals surface area contributed by atoms with Gasteiger partial charge in [0.15, 0.2) is 5.82 Å². The van der Waals surface area contributed by atoms with Crippen LogP contribution in [-0.2, 0) is 0 Å². The lowest BCUT2D eigenvalue weighted by molar-refractivity contribution is 0.399. The average Bonchev–Trinajstić information content (AvgIpc) is 2.23. The minimum absolute atomic E-state index is 0.321. The van der Waals surface area contributed by atoms with Crippen LogP contribution >= 0.6 is 11.6 Å². The van der Waals surface area contributed by atoms with Crippen LogP contribution in [0, 0.1) is 0 Å². The summed E-state index contributed by atoms with van der Waals surface area (Å²) >= 11 is 6.03. The Bertz CT molecular complexity index is 487. The Kier molecular flexibility index (Phi) is 2.13. The van der Waals surface area contributed by atoms with Gasteiger partial charge in [0.25, 0.3) is 0 Å². The molecule has 0 unspecified atom stereocenters. The second kappa shape index (κ2) is 3.31. The number of methoxy groups -OCH3 is 1. The number of fused-ring (bicyclic) bond motifs is 1. The van der Waals surface area contributed by atoms with E-state index in [1.165, 1.54) is 7.11 Å². The zero-order chi connectivity index (χ0) is 10.1. The molecular formula is C9H8ClN3O. The maximum absolute atomic E-state index is 6.03. The van der Waals surface area contributed by atoms with Gasteiger partial charge in [0.05, 0.1) is 7.11 Å². The number of hydrogen-bond donors (Lipinski definition) is 1. The van der Waals surface area contributed by atoms with E-state index >= 15 is 0 Å². The third kappa shape index (κ3) is 1.24. The second-order valence-electron chi connectivity index (χ2n) is 2.72. The number of rotatable bonds is 1. The highest BCUT2D eigenvalue weighted by atomic mass is 35.5. The number of aromatic nitrogens is 2. The van der Waals surface area contributed by atoms with E-state index in [0.29, 0.717) is 22.2 Å². The molecule has 0 saturated heterocycles. The summed E-state index contributed by atoms with van der Waals surface area (Å²) in [5.41, 5.74) is 6.28. The van der Waals surface area contributed by atoms with E-state index in [1.54, 1.807) is 12.3 Å². The van der Waals surface area contributed by atoms with Crippen molar-refractivity contribution in [3.63, 3.8) is 0 Å². The lowest BCUT2D eigenvalue weighted by Gasteiger charge is -2.06. The van der Waals surface area contributed by atoms with Gasteiger partial charge >= 0.3 is 0 Å². The molecule has 0 amide bonds. The van der Waals surface area contributed by atoms with Gasteiger partial charge in [-0.25, -0.2) is 0 Å². The first-order chi connectivity index (χ1) is 6.74. The van der Waals surface area contributed by atoms with Gasteiger partial charge in [-0.1, -0.05) is 11.6 Å². The van der Waals surface area contributed by atoms with Crippen molar-refractivity contribution in [2.45, 2.75) is 0 Å². The Morgan fingerprint density at radius 3 is 3.00 bits per heavy atom. The highest BCUT2D eigenvalue weighted by Crippen LogP contribution is 2.32. The fourth-order valence-corrected chi connectivity index (χ4v) is 1.52. The van der Waals surface area contributed by atoms with Gasteiger partial charge in [0, 0.05) is 11.6 Å². The molecule has 2 aromatic rings. The van der Waals surface area contributed by atoms with Crippen molar-refractivity contribution in [3.8, 4) is 5.88 Å². The largest absolute Gasteiger partial charge is 0.480 e. The molecule has 2 aromatic heterocycles. The predicted molar refractivity (Wildman–Crippen MR) is 55.5 cm³/mol. The van der Waals surface area contributed by atoms with Crippen molar-refractivity contribution in [1.29, 1.82) is 0 Å². The zero-order valence-corrected chi connectivity index (χ0v) is 8.25. The Morgan fingerprint density at radius 2 is 2.29 bits per heavy atom. The van der Waals surface area contributed by atoms with Crippen LogP contribution in [0.15, 0.2) is 18.3 Å². The summed E-state index contributed by atoms with van der Waals surface area (Å²) < 4.78 is 4.98. The van der Waals surface area contributed by atoms with Crippen molar-refractivity contribution in [1.82, 2.24) is 9.97 Å². The maximum atomic E-state index is 6.03. The summed E-state index contributed by atoms with van der Waals surface area (Å²) in [5.74, 6) is 0.645. The van der Waals surface area contributed by atoms with Gasteiger partial charge < -0.3 is 10.5 Å². The number of nitrogens with zero attached hydrogens (tertiary/aromatic N) is 2. The molecule has 2 heterocycles. The van der Waals surface area contributed by atoms with Gasteiger partial charge in [-0.3, -0.25) is 4.98 Å². The molecule has 0 aromatic carbocycles. The number of halogens is 1. The topological polar surface area (TPSA) is 61.0 Å². The predicted octanol–water partition coefficient (Wildman–Crippen LogP) is 1.87. The molecule has 14 heavy (non-hydrogen) atoms. The highest BCUT2D eigenvalue weighted by molar-refractivity contribution is 6.37. The van der Waals surface area contributed by atoms with E-state index in [4.69, 9.17) is 22.1 Å². The van der Waals surface area contributed by atoms with Crippen molar-refractivity contribution in [3.05, 3.63) is 23.4 Å². The third-order valence-corrected chi connectivity index (χ3v) is 2.26. The quantitative estimate of drug-likeness (QED) is 0.779. The van der Waals surface area contributed by atoms with Crippen molar-refractivity contribution in [2.24, 2.45) is 0 Å². The van der Waals surface area contributed by atoms with E-state index in [1.807, 2.05) is 6.07 Å². The molecule has 0 radical (unpaired) electrons. The summed E-state index contributed by atoms with van der Waals surface area (Å²) in [7, 11) is 1.50. The van der Waals surface area contributed by atoms with E-state index in [2.05, 4.69) is 9.97 Å². The lowest BCUT2D eigenvalue weighted by atomic mass is 10.2. The Balaban J connectivity index is 2.87. The summed E-state index contributed by atoms with van der Waals surface area (Å²) in [6.45, 7) is 0. The average molecular weight is 210 g/mol. The van der Waals surface area contributed by atoms with Gasteiger partial charge in [-0.05, 0) is 12.1 Å². The van der Waals surface area contributed by atoms with Crippen LogP contribution < -0.4 is 10.5 Å². The fraction of sp³-hybridized carbons (Fsp3) is 0.111. The molecule has 5 heteroatoms. The van der Waals surface area contributed by atoms with E-state index in [0.717, 1.165) is 5.39 Å². The molecule has 2 rings (SSSR count). The number of anilines is 1. The minimum atomic E-state index is 0.321. The first kappa shape index (κ1) is 9.02.